The Bertz CT molecular complexity index is 273. The average Bonchev–Trinajstić information content (AvgIpc) is 2.38. The Balaban J connectivity index is 1.60. The third kappa shape index (κ3) is 5.31. The lowest BCUT2D eigenvalue weighted by atomic mass is 9.81. The van der Waals surface area contributed by atoms with Gasteiger partial charge in [0.25, 0.3) is 0 Å². The number of alkyl halides is 2. The lowest BCUT2D eigenvalue weighted by Gasteiger charge is -2.33. The van der Waals surface area contributed by atoms with E-state index in [0.29, 0.717) is 24.8 Å². The van der Waals surface area contributed by atoms with Crippen LogP contribution in [0.15, 0.2) is 0 Å². The summed E-state index contributed by atoms with van der Waals surface area (Å²) < 4.78 is 26.2. The molecule has 0 heterocycles. The van der Waals surface area contributed by atoms with Gasteiger partial charge >= 0.3 is 0 Å². The SMILES string of the molecule is CC(C)CC1CCC(NCC2CCC(F)(F)CC2)CC1. The molecule has 0 atom stereocenters. The summed E-state index contributed by atoms with van der Waals surface area (Å²) in [7, 11) is 0. The minimum atomic E-state index is -2.38. The third-order valence-corrected chi connectivity index (χ3v) is 5.18. The summed E-state index contributed by atoms with van der Waals surface area (Å²) >= 11 is 0. The van der Waals surface area contributed by atoms with E-state index in [1.165, 1.54) is 32.1 Å². The van der Waals surface area contributed by atoms with E-state index in [0.717, 1.165) is 18.4 Å². The van der Waals surface area contributed by atoms with Crippen molar-refractivity contribution in [1.82, 2.24) is 5.32 Å². The van der Waals surface area contributed by atoms with Crippen LogP contribution in [-0.4, -0.2) is 18.5 Å². The maximum Gasteiger partial charge on any atom is 0.248 e. The van der Waals surface area contributed by atoms with Crippen molar-refractivity contribution < 1.29 is 8.78 Å². The second-order valence-corrected chi connectivity index (χ2v) is 7.55. The molecule has 0 spiro atoms. The number of hydrogen-bond acceptors (Lipinski definition) is 1. The van der Waals surface area contributed by atoms with Crippen molar-refractivity contribution >= 4 is 0 Å². The number of halogens is 2. The maximum atomic E-state index is 13.1. The Labute approximate surface area is 122 Å². The van der Waals surface area contributed by atoms with E-state index in [1.54, 1.807) is 0 Å². The largest absolute Gasteiger partial charge is 0.314 e. The van der Waals surface area contributed by atoms with Gasteiger partial charge in [-0.25, -0.2) is 8.78 Å². The molecule has 1 N–H and O–H groups in total. The molecule has 1 nitrogen and oxygen atoms in total. The van der Waals surface area contributed by atoms with Crippen molar-refractivity contribution in [3.8, 4) is 0 Å². The van der Waals surface area contributed by atoms with Gasteiger partial charge in [-0.15, -0.1) is 0 Å². The highest BCUT2D eigenvalue weighted by Crippen LogP contribution is 2.36. The van der Waals surface area contributed by atoms with Gasteiger partial charge in [-0.05, 0) is 69.2 Å². The molecule has 0 aliphatic heterocycles. The van der Waals surface area contributed by atoms with Gasteiger partial charge < -0.3 is 5.32 Å². The molecule has 0 aromatic carbocycles. The molecule has 0 unspecified atom stereocenters. The first-order valence-electron chi connectivity index (χ1n) is 8.56. The molecular weight excluding hydrogens is 256 g/mol. The van der Waals surface area contributed by atoms with Crippen LogP contribution in [-0.2, 0) is 0 Å². The minimum absolute atomic E-state index is 0.0977. The van der Waals surface area contributed by atoms with Crippen molar-refractivity contribution in [2.24, 2.45) is 17.8 Å². The molecule has 0 aromatic heterocycles. The molecule has 0 bridgehead atoms. The molecular formula is C17H31F2N. The molecule has 0 saturated heterocycles. The van der Waals surface area contributed by atoms with Crippen LogP contribution in [0.4, 0.5) is 8.78 Å². The second-order valence-electron chi connectivity index (χ2n) is 7.55. The Morgan fingerprint density at radius 3 is 2.10 bits per heavy atom. The Kier molecular flexibility index (Phi) is 5.83. The monoisotopic (exact) mass is 287 g/mol. The van der Waals surface area contributed by atoms with E-state index in [1.807, 2.05) is 0 Å². The highest BCUT2D eigenvalue weighted by atomic mass is 19.3. The summed E-state index contributed by atoms with van der Waals surface area (Å²) in [5.41, 5.74) is 0. The average molecular weight is 287 g/mol. The van der Waals surface area contributed by atoms with E-state index in [4.69, 9.17) is 0 Å². The molecule has 2 rings (SSSR count). The lowest BCUT2D eigenvalue weighted by molar-refractivity contribution is -0.0457. The minimum Gasteiger partial charge on any atom is -0.314 e. The Morgan fingerprint density at radius 2 is 1.55 bits per heavy atom. The van der Waals surface area contributed by atoms with Gasteiger partial charge in [0, 0.05) is 18.9 Å². The van der Waals surface area contributed by atoms with Crippen LogP contribution in [0.25, 0.3) is 0 Å². The zero-order valence-corrected chi connectivity index (χ0v) is 13.1. The van der Waals surface area contributed by atoms with Gasteiger partial charge in [0.05, 0.1) is 0 Å². The van der Waals surface area contributed by atoms with Crippen molar-refractivity contribution in [2.45, 2.75) is 83.6 Å². The van der Waals surface area contributed by atoms with Gasteiger partial charge in [-0.3, -0.25) is 0 Å². The zero-order valence-electron chi connectivity index (χ0n) is 13.1. The van der Waals surface area contributed by atoms with Crippen LogP contribution in [0, 0.1) is 17.8 Å². The first-order chi connectivity index (χ1) is 9.44. The molecule has 0 aromatic rings. The topological polar surface area (TPSA) is 12.0 Å². The fourth-order valence-corrected chi connectivity index (χ4v) is 3.91. The molecule has 20 heavy (non-hydrogen) atoms. The predicted molar refractivity (Wildman–Crippen MR) is 80.1 cm³/mol. The van der Waals surface area contributed by atoms with Gasteiger partial charge in [-0.2, -0.15) is 0 Å². The van der Waals surface area contributed by atoms with Crippen LogP contribution in [0.3, 0.4) is 0 Å². The molecule has 2 aliphatic carbocycles. The van der Waals surface area contributed by atoms with Crippen molar-refractivity contribution in [3.63, 3.8) is 0 Å². The van der Waals surface area contributed by atoms with E-state index in [9.17, 15) is 8.78 Å². The van der Waals surface area contributed by atoms with Crippen LogP contribution in [0.2, 0.25) is 0 Å². The van der Waals surface area contributed by atoms with Crippen molar-refractivity contribution in [2.75, 3.05) is 6.54 Å². The van der Waals surface area contributed by atoms with Gasteiger partial charge in [0.1, 0.15) is 0 Å². The zero-order chi connectivity index (χ0) is 14.6. The molecule has 2 aliphatic rings. The van der Waals surface area contributed by atoms with Crippen LogP contribution < -0.4 is 5.32 Å². The molecule has 3 heteroatoms. The van der Waals surface area contributed by atoms with Crippen LogP contribution >= 0.6 is 0 Å². The first-order valence-corrected chi connectivity index (χ1v) is 8.56. The fraction of sp³-hybridized carbons (Fsp3) is 1.00. The molecule has 2 fully saturated rings. The quantitative estimate of drug-likeness (QED) is 0.749. The number of hydrogen-bond donors (Lipinski definition) is 1. The van der Waals surface area contributed by atoms with E-state index in [-0.39, 0.29) is 12.8 Å². The van der Waals surface area contributed by atoms with Crippen LogP contribution in [0.5, 0.6) is 0 Å². The summed E-state index contributed by atoms with van der Waals surface area (Å²) in [6.07, 6.45) is 8.20. The van der Waals surface area contributed by atoms with Crippen molar-refractivity contribution in [1.29, 1.82) is 0 Å². The molecule has 0 radical (unpaired) electrons. The summed E-state index contributed by atoms with van der Waals surface area (Å²) in [5.74, 6) is -0.177. The second kappa shape index (κ2) is 7.20. The van der Waals surface area contributed by atoms with E-state index >= 15 is 0 Å². The summed E-state index contributed by atoms with van der Waals surface area (Å²) in [4.78, 5) is 0. The summed E-state index contributed by atoms with van der Waals surface area (Å²) in [6.45, 7) is 5.57. The Morgan fingerprint density at radius 1 is 0.950 bits per heavy atom. The molecule has 2 saturated carbocycles. The fourth-order valence-electron chi connectivity index (χ4n) is 3.91. The first kappa shape index (κ1) is 16.2. The van der Waals surface area contributed by atoms with Gasteiger partial charge in [0.15, 0.2) is 0 Å². The highest BCUT2D eigenvalue weighted by Gasteiger charge is 2.34. The normalized spacial score (nSPS) is 31.6. The molecule has 118 valence electrons. The van der Waals surface area contributed by atoms with Crippen LogP contribution in [0.1, 0.15) is 71.6 Å². The van der Waals surface area contributed by atoms with Crippen molar-refractivity contribution in [3.05, 3.63) is 0 Å². The molecule has 0 amide bonds. The van der Waals surface area contributed by atoms with E-state index in [2.05, 4.69) is 19.2 Å². The standard InChI is InChI=1S/C17H31F2N/c1-13(2)11-14-3-5-16(6-4-14)20-12-15-7-9-17(18,19)10-8-15/h13-16,20H,3-12H2,1-2H3. The Hall–Kier alpha value is -0.180. The summed E-state index contributed by atoms with van der Waals surface area (Å²) in [6, 6.07) is 0.640. The summed E-state index contributed by atoms with van der Waals surface area (Å²) in [5, 5.41) is 3.65. The third-order valence-electron chi connectivity index (χ3n) is 5.18. The maximum absolute atomic E-state index is 13.1. The smallest absolute Gasteiger partial charge is 0.248 e. The van der Waals surface area contributed by atoms with E-state index < -0.39 is 5.92 Å². The highest BCUT2D eigenvalue weighted by molar-refractivity contribution is 4.82. The lowest BCUT2D eigenvalue weighted by Crippen LogP contribution is -2.38. The van der Waals surface area contributed by atoms with Gasteiger partial charge in [0.2, 0.25) is 5.92 Å². The van der Waals surface area contributed by atoms with Gasteiger partial charge in [-0.1, -0.05) is 13.8 Å². The number of rotatable bonds is 5. The predicted octanol–water partition coefficient (Wildman–Crippen LogP) is 5.01. The number of nitrogens with one attached hydrogen (secondary N) is 1.